The summed E-state index contributed by atoms with van der Waals surface area (Å²) in [5.41, 5.74) is 1.93. The molecular formula is C17H27BrN2O. The Labute approximate surface area is 136 Å². The van der Waals surface area contributed by atoms with Crippen molar-refractivity contribution in [2.75, 3.05) is 25.0 Å². The minimum absolute atomic E-state index is 0.497. The SMILES string of the molecule is CCCNCc1ccc(N(C)CC2(O)CCCC2)cc1Br. The van der Waals surface area contributed by atoms with Gasteiger partial charge in [0, 0.05) is 30.3 Å². The highest BCUT2D eigenvalue weighted by atomic mass is 79.9. The predicted octanol–water partition coefficient (Wildman–Crippen LogP) is 3.69. The standard InChI is InChI=1S/C17H27BrN2O/c1-3-10-19-12-14-6-7-15(11-16(14)18)20(2)13-17(21)8-4-5-9-17/h6-7,11,19,21H,3-5,8-10,12-13H2,1-2H3. The van der Waals surface area contributed by atoms with E-state index in [9.17, 15) is 5.11 Å². The van der Waals surface area contributed by atoms with Crippen LogP contribution in [0.1, 0.15) is 44.6 Å². The average molecular weight is 355 g/mol. The third-order valence-corrected chi connectivity index (χ3v) is 5.02. The molecular weight excluding hydrogens is 328 g/mol. The molecule has 0 bridgehead atoms. The van der Waals surface area contributed by atoms with Crippen molar-refractivity contribution in [2.24, 2.45) is 0 Å². The highest BCUT2D eigenvalue weighted by molar-refractivity contribution is 9.10. The summed E-state index contributed by atoms with van der Waals surface area (Å²) in [6, 6.07) is 6.46. The molecule has 2 rings (SSSR count). The minimum atomic E-state index is -0.497. The molecule has 0 unspecified atom stereocenters. The van der Waals surface area contributed by atoms with Gasteiger partial charge in [0.15, 0.2) is 0 Å². The molecule has 3 nitrogen and oxygen atoms in total. The van der Waals surface area contributed by atoms with Gasteiger partial charge in [0.1, 0.15) is 0 Å². The lowest BCUT2D eigenvalue weighted by Crippen LogP contribution is -2.39. The van der Waals surface area contributed by atoms with Gasteiger partial charge >= 0.3 is 0 Å². The summed E-state index contributed by atoms with van der Waals surface area (Å²) in [6.45, 7) is 4.82. The van der Waals surface area contributed by atoms with Crippen molar-refractivity contribution in [3.63, 3.8) is 0 Å². The van der Waals surface area contributed by atoms with E-state index >= 15 is 0 Å². The van der Waals surface area contributed by atoms with Gasteiger partial charge in [-0.25, -0.2) is 0 Å². The van der Waals surface area contributed by atoms with Crippen molar-refractivity contribution >= 4 is 21.6 Å². The van der Waals surface area contributed by atoms with Crippen molar-refractivity contribution < 1.29 is 5.11 Å². The minimum Gasteiger partial charge on any atom is -0.388 e. The second kappa shape index (κ2) is 7.61. The number of likely N-dealkylation sites (N-methyl/N-ethyl adjacent to an activating group) is 1. The molecule has 118 valence electrons. The summed E-state index contributed by atoms with van der Waals surface area (Å²) in [4.78, 5) is 2.17. The Bertz CT molecular complexity index is 458. The van der Waals surface area contributed by atoms with E-state index in [1.807, 2.05) is 0 Å². The van der Waals surface area contributed by atoms with Crippen LogP contribution in [0, 0.1) is 0 Å². The van der Waals surface area contributed by atoms with E-state index in [1.54, 1.807) is 0 Å². The summed E-state index contributed by atoms with van der Waals surface area (Å²) in [5.74, 6) is 0. The lowest BCUT2D eigenvalue weighted by molar-refractivity contribution is 0.0559. The van der Waals surface area contributed by atoms with Gasteiger partial charge < -0.3 is 15.3 Å². The zero-order valence-corrected chi connectivity index (χ0v) is 14.7. The molecule has 0 aromatic heterocycles. The van der Waals surface area contributed by atoms with Crippen LogP contribution in [0.2, 0.25) is 0 Å². The molecule has 1 aliphatic rings. The van der Waals surface area contributed by atoms with E-state index in [4.69, 9.17) is 0 Å². The molecule has 0 atom stereocenters. The lowest BCUT2D eigenvalue weighted by Gasteiger charge is -2.30. The zero-order chi connectivity index (χ0) is 15.3. The highest BCUT2D eigenvalue weighted by Gasteiger charge is 2.32. The molecule has 0 aliphatic heterocycles. The number of halogens is 1. The summed E-state index contributed by atoms with van der Waals surface area (Å²) in [7, 11) is 2.06. The third-order valence-electron chi connectivity index (χ3n) is 4.29. The fourth-order valence-electron chi connectivity index (χ4n) is 3.04. The molecule has 1 aromatic carbocycles. The molecule has 2 N–H and O–H groups in total. The maximum atomic E-state index is 10.5. The zero-order valence-electron chi connectivity index (χ0n) is 13.2. The molecule has 21 heavy (non-hydrogen) atoms. The van der Waals surface area contributed by atoms with Crippen LogP contribution < -0.4 is 10.2 Å². The van der Waals surface area contributed by atoms with Crippen molar-refractivity contribution in [1.29, 1.82) is 0 Å². The number of hydrogen-bond acceptors (Lipinski definition) is 3. The van der Waals surface area contributed by atoms with Gasteiger partial charge in [-0.2, -0.15) is 0 Å². The van der Waals surface area contributed by atoms with Gasteiger partial charge in [0.2, 0.25) is 0 Å². The monoisotopic (exact) mass is 354 g/mol. The van der Waals surface area contributed by atoms with Gasteiger partial charge in [-0.05, 0) is 43.5 Å². The summed E-state index contributed by atoms with van der Waals surface area (Å²) in [6.07, 6.45) is 5.30. The molecule has 1 aromatic rings. The van der Waals surface area contributed by atoms with Crippen LogP contribution in [-0.4, -0.2) is 30.8 Å². The van der Waals surface area contributed by atoms with E-state index in [1.165, 1.54) is 5.56 Å². The summed E-state index contributed by atoms with van der Waals surface area (Å²) < 4.78 is 1.13. The third kappa shape index (κ3) is 4.70. The molecule has 0 radical (unpaired) electrons. The average Bonchev–Trinajstić information content (AvgIpc) is 2.87. The smallest absolute Gasteiger partial charge is 0.0821 e. The van der Waals surface area contributed by atoms with Gasteiger partial charge in [0.05, 0.1) is 5.60 Å². The fraction of sp³-hybridized carbons (Fsp3) is 0.647. The number of nitrogens with zero attached hydrogens (tertiary/aromatic N) is 1. The van der Waals surface area contributed by atoms with Crippen LogP contribution >= 0.6 is 15.9 Å². The second-order valence-electron chi connectivity index (χ2n) is 6.24. The van der Waals surface area contributed by atoms with Crippen LogP contribution in [0.5, 0.6) is 0 Å². The highest BCUT2D eigenvalue weighted by Crippen LogP contribution is 2.32. The molecule has 0 saturated heterocycles. The number of anilines is 1. The van der Waals surface area contributed by atoms with Crippen LogP contribution in [0.4, 0.5) is 5.69 Å². The maximum Gasteiger partial charge on any atom is 0.0821 e. The van der Waals surface area contributed by atoms with Gasteiger partial charge in [-0.3, -0.25) is 0 Å². The molecule has 0 spiro atoms. The summed E-state index contributed by atoms with van der Waals surface area (Å²) >= 11 is 3.66. The Morgan fingerprint density at radius 3 is 2.67 bits per heavy atom. The van der Waals surface area contributed by atoms with E-state index < -0.39 is 5.60 Å². The molecule has 4 heteroatoms. The van der Waals surface area contributed by atoms with Crippen molar-refractivity contribution in [3.05, 3.63) is 28.2 Å². The first-order valence-electron chi connectivity index (χ1n) is 7.97. The van der Waals surface area contributed by atoms with Gasteiger partial charge in [0.25, 0.3) is 0 Å². The van der Waals surface area contributed by atoms with Crippen LogP contribution in [-0.2, 0) is 6.54 Å². The number of hydrogen-bond donors (Lipinski definition) is 2. The van der Waals surface area contributed by atoms with Crippen LogP contribution in [0.25, 0.3) is 0 Å². The normalized spacial score (nSPS) is 17.1. The molecule has 0 amide bonds. The summed E-state index contributed by atoms with van der Waals surface area (Å²) in [5, 5.41) is 13.9. The molecule has 0 heterocycles. The van der Waals surface area contributed by atoms with Crippen molar-refractivity contribution in [3.8, 4) is 0 Å². The Hall–Kier alpha value is -0.580. The van der Waals surface area contributed by atoms with E-state index in [0.29, 0.717) is 6.54 Å². The van der Waals surface area contributed by atoms with Crippen molar-refractivity contribution in [1.82, 2.24) is 5.32 Å². The van der Waals surface area contributed by atoms with E-state index in [0.717, 1.165) is 55.4 Å². The maximum absolute atomic E-state index is 10.5. The van der Waals surface area contributed by atoms with Crippen LogP contribution in [0.15, 0.2) is 22.7 Å². The van der Waals surface area contributed by atoms with Crippen molar-refractivity contribution in [2.45, 2.75) is 51.2 Å². The Balaban J connectivity index is 1.98. The Kier molecular flexibility index (Phi) is 6.08. The van der Waals surface area contributed by atoms with E-state index in [-0.39, 0.29) is 0 Å². The molecule has 1 fully saturated rings. The number of rotatable bonds is 7. The predicted molar refractivity (Wildman–Crippen MR) is 92.8 cm³/mol. The first-order chi connectivity index (χ1) is 10.0. The first kappa shape index (κ1) is 16.8. The molecule has 1 saturated carbocycles. The number of benzene rings is 1. The largest absolute Gasteiger partial charge is 0.388 e. The van der Waals surface area contributed by atoms with Crippen LogP contribution in [0.3, 0.4) is 0 Å². The van der Waals surface area contributed by atoms with Gasteiger partial charge in [-0.1, -0.05) is 41.8 Å². The quantitative estimate of drug-likeness (QED) is 0.733. The molecule has 1 aliphatic carbocycles. The Morgan fingerprint density at radius 2 is 2.05 bits per heavy atom. The Morgan fingerprint density at radius 1 is 1.33 bits per heavy atom. The topological polar surface area (TPSA) is 35.5 Å². The number of aliphatic hydroxyl groups is 1. The lowest BCUT2D eigenvalue weighted by atomic mass is 10.0. The van der Waals surface area contributed by atoms with E-state index in [2.05, 4.69) is 58.3 Å². The fourth-order valence-corrected chi connectivity index (χ4v) is 3.55. The van der Waals surface area contributed by atoms with Gasteiger partial charge in [-0.15, -0.1) is 0 Å². The second-order valence-corrected chi connectivity index (χ2v) is 7.09. The number of nitrogens with one attached hydrogen (secondary N) is 1. The first-order valence-corrected chi connectivity index (χ1v) is 8.76.